The van der Waals surface area contributed by atoms with Gasteiger partial charge >= 0.3 is 6.03 Å². The van der Waals surface area contributed by atoms with E-state index < -0.39 is 0 Å². The molecule has 0 fully saturated rings. The number of para-hydroxylation sites is 1. The number of carbonyl (C=O) groups excluding carboxylic acids is 1. The molecule has 2 aromatic heterocycles. The number of aromatic nitrogens is 4. The second kappa shape index (κ2) is 9.05. The van der Waals surface area contributed by atoms with Crippen molar-refractivity contribution in [3.05, 3.63) is 66.1 Å². The molecule has 2 aromatic carbocycles. The van der Waals surface area contributed by atoms with E-state index in [0.717, 1.165) is 33.3 Å². The maximum atomic E-state index is 12.6. The van der Waals surface area contributed by atoms with Crippen LogP contribution in [0.15, 0.2) is 64.8 Å². The Balaban J connectivity index is 1.59. The van der Waals surface area contributed by atoms with Crippen molar-refractivity contribution in [1.82, 2.24) is 19.6 Å². The van der Waals surface area contributed by atoms with Gasteiger partial charge in [-0.3, -0.25) is 0 Å². The first-order valence-corrected chi connectivity index (χ1v) is 10.6. The highest BCUT2D eigenvalue weighted by atomic mass is 32.2. The van der Waals surface area contributed by atoms with Crippen LogP contribution in [0.4, 0.5) is 16.2 Å². The Bertz CT molecular complexity index is 1220. The van der Waals surface area contributed by atoms with Gasteiger partial charge in [0.05, 0.1) is 12.8 Å². The van der Waals surface area contributed by atoms with Gasteiger partial charge in [0.2, 0.25) is 0 Å². The molecule has 0 spiro atoms. The van der Waals surface area contributed by atoms with Gasteiger partial charge in [-0.05, 0) is 49.7 Å². The second-order valence-corrected chi connectivity index (χ2v) is 7.74. The lowest BCUT2D eigenvalue weighted by Crippen LogP contribution is -2.19. The minimum Gasteiger partial charge on any atom is -0.497 e. The Morgan fingerprint density at radius 1 is 1.13 bits per heavy atom. The Morgan fingerprint density at radius 2 is 1.90 bits per heavy atom. The van der Waals surface area contributed by atoms with Crippen molar-refractivity contribution in [3.8, 4) is 5.75 Å². The van der Waals surface area contributed by atoms with E-state index in [-0.39, 0.29) is 6.03 Å². The van der Waals surface area contributed by atoms with Crippen molar-refractivity contribution in [2.24, 2.45) is 0 Å². The number of fused-ring (bicyclic) bond motifs is 1. The summed E-state index contributed by atoms with van der Waals surface area (Å²) in [6, 6.07) is 14.5. The van der Waals surface area contributed by atoms with E-state index in [0.29, 0.717) is 17.2 Å². The van der Waals surface area contributed by atoms with E-state index >= 15 is 0 Å². The van der Waals surface area contributed by atoms with Gasteiger partial charge in [0.1, 0.15) is 17.1 Å². The van der Waals surface area contributed by atoms with Crippen molar-refractivity contribution >= 4 is 34.9 Å². The molecule has 0 unspecified atom stereocenters. The number of hydrogen-bond donors (Lipinski definition) is 2. The topological polar surface area (TPSA) is 93.4 Å². The quantitative estimate of drug-likeness (QED) is 0.424. The predicted molar refractivity (Wildman–Crippen MR) is 121 cm³/mol. The maximum absolute atomic E-state index is 12.6. The number of benzene rings is 2. The minimum absolute atomic E-state index is 0.328. The number of nitrogens with zero attached hydrogens (tertiary/aromatic N) is 4. The molecule has 0 bridgehead atoms. The highest BCUT2D eigenvalue weighted by Crippen LogP contribution is 2.36. The summed E-state index contributed by atoms with van der Waals surface area (Å²) in [6.07, 6.45) is 2.31. The number of anilines is 2. The SMILES string of the molecule is CCc1c(C)nc2ncnn2c1Sc1ccccc1NC(=O)Nc1ccc(OC)cc1. The van der Waals surface area contributed by atoms with Gasteiger partial charge in [-0.25, -0.2) is 9.78 Å². The molecule has 2 amide bonds. The van der Waals surface area contributed by atoms with Crippen LogP contribution in [0.25, 0.3) is 5.78 Å². The summed E-state index contributed by atoms with van der Waals surface area (Å²) in [7, 11) is 1.60. The summed E-state index contributed by atoms with van der Waals surface area (Å²) in [5.74, 6) is 1.28. The fourth-order valence-corrected chi connectivity index (χ4v) is 4.40. The molecular weight excluding hydrogens is 412 g/mol. The van der Waals surface area contributed by atoms with Gasteiger partial charge < -0.3 is 15.4 Å². The van der Waals surface area contributed by atoms with Crippen LogP contribution in [-0.4, -0.2) is 32.7 Å². The van der Waals surface area contributed by atoms with E-state index in [1.54, 1.807) is 35.9 Å². The average molecular weight is 435 g/mol. The third-order valence-electron chi connectivity index (χ3n) is 4.73. The van der Waals surface area contributed by atoms with Crippen molar-refractivity contribution in [3.63, 3.8) is 0 Å². The summed E-state index contributed by atoms with van der Waals surface area (Å²) in [4.78, 5) is 22.2. The van der Waals surface area contributed by atoms with E-state index in [1.807, 2.05) is 31.2 Å². The molecular formula is C22H22N6O2S. The number of ether oxygens (including phenoxy) is 1. The number of nitrogens with one attached hydrogen (secondary N) is 2. The van der Waals surface area contributed by atoms with Crippen LogP contribution in [0.2, 0.25) is 0 Å². The Hall–Kier alpha value is -3.59. The molecule has 8 nitrogen and oxygen atoms in total. The minimum atomic E-state index is -0.328. The van der Waals surface area contributed by atoms with Crippen LogP contribution in [0.3, 0.4) is 0 Å². The summed E-state index contributed by atoms with van der Waals surface area (Å²) >= 11 is 1.53. The van der Waals surface area contributed by atoms with Crippen molar-refractivity contribution in [1.29, 1.82) is 0 Å². The summed E-state index contributed by atoms with van der Waals surface area (Å²) in [6.45, 7) is 4.06. The van der Waals surface area contributed by atoms with Crippen LogP contribution in [0, 0.1) is 6.92 Å². The molecule has 4 rings (SSSR count). The molecule has 0 radical (unpaired) electrons. The smallest absolute Gasteiger partial charge is 0.323 e. The second-order valence-electron chi connectivity index (χ2n) is 6.71. The monoisotopic (exact) mass is 434 g/mol. The number of carbonyl (C=O) groups is 1. The lowest BCUT2D eigenvalue weighted by atomic mass is 10.2. The average Bonchev–Trinajstić information content (AvgIpc) is 3.24. The first-order valence-electron chi connectivity index (χ1n) is 9.77. The third-order valence-corrected chi connectivity index (χ3v) is 5.92. The van der Waals surface area contributed by atoms with Gasteiger partial charge in [0.15, 0.2) is 0 Å². The van der Waals surface area contributed by atoms with Crippen LogP contribution < -0.4 is 15.4 Å². The predicted octanol–water partition coefficient (Wildman–Crippen LogP) is 4.80. The number of hydrogen-bond acceptors (Lipinski definition) is 6. The Morgan fingerprint density at radius 3 is 2.65 bits per heavy atom. The zero-order valence-electron chi connectivity index (χ0n) is 17.4. The zero-order valence-corrected chi connectivity index (χ0v) is 18.2. The van der Waals surface area contributed by atoms with E-state index in [2.05, 4.69) is 32.6 Å². The van der Waals surface area contributed by atoms with Crippen LogP contribution in [-0.2, 0) is 6.42 Å². The molecule has 0 atom stereocenters. The first kappa shape index (κ1) is 20.7. The molecule has 0 saturated carbocycles. The highest BCUT2D eigenvalue weighted by molar-refractivity contribution is 7.99. The van der Waals surface area contributed by atoms with Gasteiger partial charge in [-0.15, -0.1) is 0 Å². The Labute approximate surface area is 184 Å². The van der Waals surface area contributed by atoms with Crippen molar-refractivity contribution < 1.29 is 9.53 Å². The fourth-order valence-electron chi connectivity index (χ4n) is 3.19. The largest absolute Gasteiger partial charge is 0.497 e. The van der Waals surface area contributed by atoms with E-state index in [1.165, 1.54) is 18.1 Å². The number of amides is 2. The standard InChI is InChI=1S/C22H22N6O2S/c1-4-17-14(2)25-21-23-13-24-28(21)20(17)31-19-8-6-5-7-18(19)27-22(29)26-15-9-11-16(30-3)12-10-15/h5-13H,4H2,1-3H3,(H2,26,27,29). The van der Waals surface area contributed by atoms with Gasteiger partial charge in [0, 0.05) is 21.8 Å². The number of urea groups is 1. The van der Waals surface area contributed by atoms with Gasteiger partial charge in [-0.1, -0.05) is 30.8 Å². The molecule has 9 heteroatoms. The molecule has 31 heavy (non-hydrogen) atoms. The zero-order chi connectivity index (χ0) is 21.8. The normalized spacial score (nSPS) is 10.8. The van der Waals surface area contributed by atoms with Crippen molar-refractivity contribution in [2.75, 3.05) is 17.7 Å². The Kier molecular flexibility index (Phi) is 6.03. The molecule has 158 valence electrons. The highest BCUT2D eigenvalue weighted by Gasteiger charge is 2.16. The summed E-state index contributed by atoms with van der Waals surface area (Å²) < 4.78 is 6.89. The van der Waals surface area contributed by atoms with E-state index in [9.17, 15) is 4.79 Å². The number of aryl methyl sites for hydroxylation is 1. The lowest BCUT2D eigenvalue weighted by Gasteiger charge is -2.15. The molecule has 4 aromatic rings. The van der Waals surface area contributed by atoms with E-state index in [4.69, 9.17) is 4.74 Å². The van der Waals surface area contributed by atoms with Crippen LogP contribution >= 0.6 is 11.8 Å². The number of methoxy groups -OCH3 is 1. The van der Waals surface area contributed by atoms with Gasteiger partial charge in [0.25, 0.3) is 5.78 Å². The lowest BCUT2D eigenvalue weighted by molar-refractivity contribution is 0.262. The molecule has 0 aliphatic carbocycles. The van der Waals surface area contributed by atoms with Gasteiger partial charge in [-0.2, -0.15) is 14.6 Å². The maximum Gasteiger partial charge on any atom is 0.323 e. The molecule has 0 saturated heterocycles. The number of rotatable bonds is 6. The molecule has 0 aliphatic heterocycles. The molecule has 2 heterocycles. The fraction of sp³-hybridized carbons (Fsp3) is 0.182. The van der Waals surface area contributed by atoms with Crippen LogP contribution in [0.5, 0.6) is 5.75 Å². The van der Waals surface area contributed by atoms with Crippen LogP contribution in [0.1, 0.15) is 18.2 Å². The first-order chi connectivity index (χ1) is 15.1. The summed E-state index contributed by atoms with van der Waals surface area (Å²) in [5, 5.41) is 11.1. The summed E-state index contributed by atoms with van der Waals surface area (Å²) in [5.41, 5.74) is 3.39. The van der Waals surface area contributed by atoms with Crippen molar-refractivity contribution in [2.45, 2.75) is 30.2 Å². The third kappa shape index (κ3) is 4.46. The molecule has 0 aliphatic rings. The molecule has 2 N–H and O–H groups in total.